The summed E-state index contributed by atoms with van der Waals surface area (Å²) in [6, 6.07) is 8.30. The summed E-state index contributed by atoms with van der Waals surface area (Å²) in [7, 11) is 0. The zero-order valence-electron chi connectivity index (χ0n) is 22.7. The van der Waals surface area contributed by atoms with Gasteiger partial charge in [0.1, 0.15) is 5.75 Å². The normalized spacial score (nSPS) is 15.3. The summed E-state index contributed by atoms with van der Waals surface area (Å²) in [5, 5.41) is 28.4. The van der Waals surface area contributed by atoms with Crippen LogP contribution in [0.5, 0.6) is 5.75 Å². The van der Waals surface area contributed by atoms with Gasteiger partial charge in [-0.2, -0.15) is 5.10 Å². The first-order valence-electron chi connectivity index (χ1n) is 13.7. The van der Waals surface area contributed by atoms with Gasteiger partial charge in [0.25, 0.3) is 0 Å². The molecule has 2 aliphatic rings. The smallest absolute Gasteiger partial charge is 0.414 e. The van der Waals surface area contributed by atoms with Gasteiger partial charge in [-0.25, -0.2) is 18.4 Å². The van der Waals surface area contributed by atoms with Gasteiger partial charge in [-0.15, -0.1) is 5.10 Å². The zero-order chi connectivity index (χ0) is 29.8. The third kappa shape index (κ3) is 6.79. The van der Waals surface area contributed by atoms with Gasteiger partial charge in [0.05, 0.1) is 33.7 Å². The minimum atomic E-state index is -1.82. The Morgan fingerprint density at radius 2 is 1.76 bits per heavy atom. The van der Waals surface area contributed by atoms with E-state index >= 15 is 0 Å². The highest BCUT2D eigenvalue weighted by Crippen LogP contribution is 2.46. The van der Waals surface area contributed by atoms with Crippen LogP contribution in [-0.4, -0.2) is 68.1 Å². The van der Waals surface area contributed by atoms with Crippen molar-refractivity contribution in [3.63, 3.8) is 0 Å². The molecule has 10 nitrogen and oxygen atoms in total. The lowest BCUT2D eigenvalue weighted by Gasteiger charge is -2.26. The summed E-state index contributed by atoms with van der Waals surface area (Å²) >= 11 is 3.72. The van der Waals surface area contributed by atoms with E-state index in [4.69, 9.17) is 24.5 Å². The van der Waals surface area contributed by atoms with E-state index in [1.807, 2.05) is 0 Å². The van der Waals surface area contributed by atoms with Crippen LogP contribution < -0.4 is 10.1 Å². The highest BCUT2D eigenvalue weighted by molar-refractivity contribution is 9.10. The number of nitrogens with one attached hydrogen (secondary N) is 1. The molecule has 42 heavy (non-hydrogen) atoms. The van der Waals surface area contributed by atoms with E-state index in [-0.39, 0.29) is 0 Å². The molecule has 2 fully saturated rings. The van der Waals surface area contributed by atoms with Crippen molar-refractivity contribution in [2.45, 2.75) is 44.6 Å². The fraction of sp³-hybridized carbons (Fsp3) is 0.379. The molecular weight excluding hydrogens is 616 g/mol. The summed E-state index contributed by atoms with van der Waals surface area (Å²) in [4.78, 5) is 20.7. The Hall–Kier alpha value is -3.84. The van der Waals surface area contributed by atoms with Gasteiger partial charge in [0, 0.05) is 29.7 Å². The topological polar surface area (TPSA) is 130 Å². The number of rotatable bonds is 8. The quantitative estimate of drug-likeness (QED) is 0.153. The number of aliphatic carboxylic acids is 2. The number of halogens is 3. The standard InChI is InChI=1S/C27H28BrF2N5O.C2H2O4/c28-20-15-23-19(14-25(20)36-12-4-11-34-9-2-1-3-10-34)26-24(35(23)18-6-7-18)16-31-33-27(26)32-17-5-8-21(29)22(30)13-17;3-1(4)2(5)6/h5,8,13-16,18H,1-4,6-7,9-12H2,(H,32,33);(H,3,4)(H,5,6). The van der Waals surface area contributed by atoms with Crippen LogP contribution in [0.4, 0.5) is 20.3 Å². The molecule has 3 N–H and O–H groups in total. The third-order valence-electron chi connectivity index (χ3n) is 7.27. The zero-order valence-corrected chi connectivity index (χ0v) is 24.2. The van der Waals surface area contributed by atoms with Gasteiger partial charge in [0.2, 0.25) is 0 Å². The monoisotopic (exact) mass is 645 g/mol. The third-order valence-corrected chi connectivity index (χ3v) is 7.89. The molecule has 2 aromatic carbocycles. The van der Waals surface area contributed by atoms with Gasteiger partial charge >= 0.3 is 11.9 Å². The Bertz CT molecular complexity index is 1610. The van der Waals surface area contributed by atoms with E-state index in [2.05, 4.69) is 53.0 Å². The minimum absolute atomic E-state index is 0.411. The Kier molecular flexibility index (Phi) is 9.17. The minimum Gasteiger partial charge on any atom is -0.492 e. The molecule has 0 radical (unpaired) electrons. The van der Waals surface area contributed by atoms with Crippen molar-refractivity contribution in [2.75, 3.05) is 31.6 Å². The second-order valence-electron chi connectivity index (χ2n) is 10.3. The second kappa shape index (κ2) is 13.0. The molecule has 4 aromatic rings. The molecule has 1 saturated carbocycles. The van der Waals surface area contributed by atoms with Crippen LogP contribution in [0.15, 0.2) is 41.0 Å². The molecular formula is C29H30BrF2N5O5. The highest BCUT2D eigenvalue weighted by Gasteiger charge is 2.29. The average molecular weight is 646 g/mol. The SMILES string of the molecule is Fc1ccc(Nc2nncc3c2c2cc(OCCCN4CCCCC4)c(Br)cc2n3C2CC2)cc1F.O=C(O)C(=O)O. The Morgan fingerprint density at radius 1 is 1.02 bits per heavy atom. The molecule has 6 rings (SSSR count). The predicted octanol–water partition coefficient (Wildman–Crippen LogP) is 6.11. The van der Waals surface area contributed by atoms with Gasteiger partial charge in [0.15, 0.2) is 17.5 Å². The van der Waals surface area contributed by atoms with Gasteiger partial charge in [-0.3, -0.25) is 0 Å². The van der Waals surface area contributed by atoms with Crippen LogP contribution in [0.25, 0.3) is 21.8 Å². The Balaban J connectivity index is 0.000000535. The number of piperidine rings is 1. The molecule has 13 heteroatoms. The number of benzene rings is 2. The molecule has 0 bridgehead atoms. The van der Waals surface area contributed by atoms with Crippen molar-refractivity contribution in [3.05, 3.63) is 52.6 Å². The maximum Gasteiger partial charge on any atom is 0.414 e. The average Bonchev–Trinajstić information content (AvgIpc) is 3.76. The van der Waals surface area contributed by atoms with Gasteiger partial charge < -0.3 is 29.7 Å². The molecule has 222 valence electrons. The van der Waals surface area contributed by atoms with Gasteiger partial charge in [-0.1, -0.05) is 6.42 Å². The van der Waals surface area contributed by atoms with Crippen LogP contribution in [0.3, 0.4) is 0 Å². The second-order valence-corrected chi connectivity index (χ2v) is 11.2. The van der Waals surface area contributed by atoms with Crippen molar-refractivity contribution in [1.82, 2.24) is 19.7 Å². The summed E-state index contributed by atoms with van der Waals surface area (Å²) in [6.07, 6.45) is 8.89. The van der Waals surface area contributed by atoms with Crippen molar-refractivity contribution >= 4 is 61.2 Å². The van der Waals surface area contributed by atoms with E-state index < -0.39 is 23.6 Å². The largest absolute Gasteiger partial charge is 0.492 e. The first-order chi connectivity index (χ1) is 20.2. The van der Waals surface area contributed by atoms with Gasteiger partial charge in [-0.05, 0) is 85.4 Å². The lowest BCUT2D eigenvalue weighted by atomic mass is 10.1. The van der Waals surface area contributed by atoms with E-state index in [0.717, 1.165) is 70.0 Å². The van der Waals surface area contributed by atoms with Crippen LogP contribution >= 0.6 is 15.9 Å². The first kappa shape index (κ1) is 29.6. The van der Waals surface area contributed by atoms with Crippen molar-refractivity contribution in [3.8, 4) is 5.75 Å². The number of hydrogen-bond donors (Lipinski definition) is 3. The van der Waals surface area contributed by atoms with Crippen molar-refractivity contribution < 1.29 is 33.3 Å². The lowest BCUT2D eigenvalue weighted by Crippen LogP contribution is -2.31. The number of aromatic nitrogens is 3. The number of nitrogens with zero attached hydrogens (tertiary/aromatic N) is 4. The Labute approximate surface area is 248 Å². The molecule has 2 aromatic heterocycles. The number of fused-ring (bicyclic) bond motifs is 3. The van der Waals surface area contributed by atoms with Crippen LogP contribution in [0.2, 0.25) is 0 Å². The number of anilines is 2. The highest BCUT2D eigenvalue weighted by atomic mass is 79.9. The fourth-order valence-corrected chi connectivity index (χ4v) is 5.63. The molecule has 0 unspecified atom stereocenters. The van der Waals surface area contributed by atoms with Crippen LogP contribution in [0.1, 0.15) is 44.6 Å². The number of carboxylic acids is 2. The van der Waals surface area contributed by atoms with Crippen molar-refractivity contribution in [1.29, 1.82) is 0 Å². The van der Waals surface area contributed by atoms with E-state index in [0.29, 0.717) is 24.2 Å². The molecule has 1 saturated heterocycles. The van der Waals surface area contributed by atoms with Crippen molar-refractivity contribution in [2.24, 2.45) is 0 Å². The molecule has 1 aliphatic carbocycles. The number of hydrogen-bond acceptors (Lipinski definition) is 7. The summed E-state index contributed by atoms with van der Waals surface area (Å²) in [5.41, 5.74) is 2.44. The summed E-state index contributed by atoms with van der Waals surface area (Å²) < 4.78 is 36.8. The number of likely N-dealkylation sites (tertiary alicyclic amines) is 1. The maximum absolute atomic E-state index is 13.9. The molecule has 0 atom stereocenters. The summed E-state index contributed by atoms with van der Waals surface area (Å²) in [6.45, 7) is 4.07. The summed E-state index contributed by atoms with van der Waals surface area (Å²) in [5.74, 6) is -4.16. The molecule has 0 amide bonds. The predicted molar refractivity (Wildman–Crippen MR) is 156 cm³/mol. The maximum atomic E-state index is 13.9. The van der Waals surface area contributed by atoms with Crippen LogP contribution in [-0.2, 0) is 9.59 Å². The Morgan fingerprint density at radius 3 is 2.43 bits per heavy atom. The van der Waals surface area contributed by atoms with E-state index in [9.17, 15) is 8.78 Å². The number of ether oxygens (including phenoxy) is 1. The fourth-order valence-electron chi connectivity index (χ4n) is 5.19. The van der Waals surface area contributed by atoms with E-state index in [1.165, 1.54) is 38.4 Å². The molecule has 3 heterocycles. The number of carboxylic acid groups (broad SMARTS) is 2. The number of carbonyl (C=O) groups is 2. The van der Waals surface area contributed by atoms with Crippen LogP contribution in [0, 0.1) is 11.6 Å². The first-order valence-corrected chi connectivity index (χ1v) is 14.5. The molecule has 0 spiro atoms. The lowest BCUT2D eigenvalue weighted by molar-refractivity contribution is -0.159. The molecule has 1 aliphatic heterocycles. The van der Waals surface area contributed by atoms with E-state index in [1.54, 1.807) is 6.20 Å².